The Hall–Kier alpha value is -0.180. The molecule has 0 aliphatic heterocycles. The highest BCUT2D eigenvalue weighted by Gasteiger charge is 2.29. The molecule has 1 aromatic rings. The number of rotatable bonds is 5. The molecular weight excluding hydrogens is 274 g/mol. The maximum atomic E-state index is 6.29. The third kappa shape index (κ3) is 4.40. The monoisotopic (exact) mass is 297 g/mol. The number of hydrogen-bond donors (Lipinski definition) is 1. The highest BCUT2D eigenvalue weighted by Crippen LogP contribution is 2.38. The largest absolute Gasteiger partial charge is 0.313 e. The number of thioether (sulfide) groups is 1. The lowest BCUT2D eigenvalue weighted by atomic mass is 9.87. The predicted molar refractivity (Wildman–Crippen MR) is 86.2 cm³/mol. The minimum atomic E-state index is 0.637. The summed E-state index contributed by atoms with van der Waals surface area (Å²) in [4.78, 5) is 1.23. The zero-order valence-electron chi connectivity index (χ0n) is 11.9. The molecule has 0 bridgehead atoms. The molecule has 106 valence electrons. The van der Waals surface area contributed by atoms with Gasteiger partial charge in [0, 0.05) is 16.2 Å². The zero-order chi connectivity index (χ0) is 13.7. The molecule has 0 spiro atoms. The number of halogens is 1. The van der Waals surface area contributed by atoms with Gasteiger partial charge in [-0.25, -0.2) is 0 Å². The van der Waals surface area contributed by atoms with Gasteiger partial charge >= 0.3 is 0 Å². The Kier molecular flexibility index (Phi) is 6.06. The molecule has 2 rings (SSSR count). The molecule has 1 saturated carbocycles. The summed E-state index contributed by atoms with van der Waals surface area (Å²) in [6.07, 6.45) is 5.14. The summed E-state index contributed by atoms with van der Waals surface area (Å²) in [5.41, 5.74) is 0. The second kappa shape index (κ2) is 7.56. The van der Waals surface area contributed by atoms with Crippen molar-refractivity contribution in [2.75, 3.05) is 6.54 Å². The van der Waals surface area contributed by atoms with E-state index in [9.17, 15) is 0 Å². The van der Waals surface area contributed by atoms with Crippen LogP contribution in [0, 0.1) is 5.92 Å². The third-order valence-electron chi connectivity index (χ3n) is 3.83. The van der Waals surface area contributed by atoms with Crippen molar-refractivity contribution >= 4 is 23.4 Å². The van der Waals surface area contributed by atoms with Crippen molar-refractivity contribution in [2.24, 2.45) is 5.92 Å². The van der Waals surface area contributed by atoms with Crippen LogP contribution in [0.2, 0.25) is 5.02 Å². The van der Waals surface area contributed by atoms with E-state index in [1.807, 2.05) is 23.9 Å². The molecule has 1 N–H and O–H groups in total. The average molecular weight is 298 g/mol. The van der Waals surface area contributed by atoms with Gasteiger partial charge in [0.1, 0.15) is 0 Å². The first-order valence-corrected chi connectivity index (χ1v) is 8.61. The van der Waals surface area contributed by atoms with Crippen LogP contribution in [0.4, 0.5) is 0 Å². The second-order valence-corrected chi connectivity index (χ2v) is 7.25. The highest BCUT2D eigenvalue weighted by molar-refractivity contribution is 8.00. The lowest BCUT2D eigenvalue weighted by Crippen LogP contribution is -2.42. The van der Waals surface area contributed by atoms with Gasteiger partial charge in [0.05, 0.1) is 5.02 Å². The van der Waals surface area contributed by atoms with Gasteiger partial charge in [-0.3, -0.25) is 0 Å². The van der Waals surface area contributed by atoms with Crippen molar-refractivity contribution in [3.8, 4) is 0 Å². The molecule has 0 radical (unpaired) electrons. The minimum absolute atomic E-state index is 0.637. The van der Waals surface area contributed by atoms with Crippen LogP contribution in [0.15, 0.2) is 29.2 Å². The smallest absolute Gasteiger partial charge is 0.0541 e. The first kappa shape index (κ1) is 15.2. The van der Waals surface area contributed by atoms with E-state index in [2.05, 4.69) is 31.3 Å². The quantitative estimate of drug-likeness (QED) is 0.822. The first-order chi connectivity index (χ1) is 9.20. The van der Waals surface area contributed by atoms with E-state index < -0.39 is 0 Å². The topological polar surface area (TPSA) is 12.0 Å². The molecule has 1 aliphatic rings. The van der Waals surface area contributed by atoms with Crippen molar-refractivity contribution in [1.29, 1.82) is 0 Å². The van der Waals surface area contributed by atoms with Gasteiger partial charge in [0.15, 0.2) is 0 Å². The maximum Gasteiger partial charge on any atom is 0.0541 e. The number of benzene rings is 1. The van der Waals surface area contributed by atoms with E-state index in [4.69, 9.17) is 11.6 Å². The fourth-order valence-corrected chi connectivity index (χ4v) is 4.48. The lowest BCUT2D eigenvalue weighted by molar-refractivity contribution is 0.317. The maximum absolute atomic E-state index is 6.29. The van der Waals surface area contributed by atoms with Gasteiger partial charge in [-0.1, -0.05) is 37.6 Å². The molecule has 3 heteroatoms. The van der Waals surface area contributed by atoms with Crippen LogP contribution in [0.1, 0.15) is 39.5 Å². The Morgan fingerprint density at radius 3 is 2.84 bits per heavy atom. The molecule has 0 aromatic heterocycles. The van der Waals surface area contributed by atoms with Crippen molar-refractivity contribution < 1.29 is 0 Å². The Morgan fingerprint density at radius 1 is 1.32 bits per heavy atom. The SMILES string of the molecule is CCCNC1CCC(C)CC1Sc1ccccc1Cl. The summed E-state index contributed by atoms with van der Waals surface area (Å²) in [6.45, 7) is 5.73. The first-order valence-electron chi connectivity index (χ1n) is 7.35. The summed E-state index contributed by atoms with van der Waals surface area (Å²) in [6, 6.07) is 8.85. The highest BCUT2D eigenvalue weighted by atomic mass is 35.5. The van der Waals surface area contributed by atoms with Crippen LogP contribution in [-0.4, -0.2) is 17.8 Å². The number of hydrogen-bond acceptors (Lipinski definition) is 2. The van der Waals surface area contributed by atoms with Crippen LogP contribution < -0.4 is 5.32 Å². The fraction of sp³-hybridized carbons (Fsp3) is 0.625. The van der Waals surface area contributed by atoms with Gasteiger partial charge in [0.2, 0.25) is 0 Å². The zero-order valence-corrected chi connectivity index (χ0v) is 13.4. The second-order valence-electron chi connectivity index (χ2n) is 5.57. The molecule has 1 aliphatic carbocycles. The van der Waals surface area contributed by atoms with Gasteiger partial charge in [-0.15, -0.1) is 11.8 Å². The summed E-state index contributed by atoms with van der Waals surface area (Å²) < 4.78 is 0. The minimum Gasteiger partial charge on any atom is -0.313 e. The van der Waals surface area contributed by atoms with E-state index in [1.54, 1.807) is 0 Å². The lowest BCUT2D eigenvalue weighted by Gasteiger charge is -2.35. The van der Waals surface area contributed by atoms with E-state index >= 15 is 0 Å². The van der Waals surface area contributed by atoms with E-state index in [0.717, 1.165) is 17.5 Å². The summed E-state index contributed by atoms with van der Waals surface area (Å²) >= 11 is 8.25. The average Bonchev–Trinajstić information content (AvgIpc) is 2.40. The molecule has 1 fully saturated rings. The van der Waals surface area contributed by atoms with E-state index in [1.165, 1.54) is 30.6 Å². The van der Waals surface area contributed by atoms with Gasteiger partial charge in [-0.2, -0.15) is 0 Å². The molecule has 1 aromatic carbocycles. The molecule has 3 atom stereocenters. The summed E-state index contributed by atoms with van der Waals surface area (Å²) in [7, 11) is 0. The Labute approximate surface area is 126 Å². The molecule has 19 heavy (non-hydrogen) atoms. The van der Waals surface area contributed by atoms with Crippen LogP contribution in [0.5, 0.6) is 0 Å². The van der Waals surface area contributed by atoms with E-state index in [0.29, 0.717) is 11.3 Å². The van der Waals surface area contributed by atoms with Gasteiger partial charge < -0.3 is 5.32 Å². The number of nitrogens with one attached hydrogen (secondary N) is 1. The normalized spacial score (nSPS) is 27.4. The molecule has 0 heterocycles. The van der Waals surface area contributed by atoms with Crippen LogP contribution >= 0.6 is 23.4 Å². The van der Waals surface area contributed by atoms with Gasteiger partial charge in [0.25, 0.3) is 0 Å². The Bertz CT molecular complexity index is 394. The molecule has 0 saturated heterocycles. The molecular formula is C16H24ClNS. The molecule has 0 amide bonds. The molecule has 1 nitrogen and oxygen atoms in total. The standard InChI is InChI=1S/C16H24ClNS/c1-3-10-18-14-9-8-12(2)11-16(14)19-15-7-5-4-6-13(15)17/h4-7,12,14,16,18H,3,8-11H2,1-2H3. The van der Waals surface area contributed by atoms with Gasteiger partial charge in [-0.05, 0) is 50.3 Å². The third-order valence-corrected chi connectivity index (χ3v) is 5.70. The van der Waals surface area contributed by atoms with Crippen molar-refractivity contribution in [2.45, 2.75) is 55.7 Å². The summed E-state index contributed by atoms with van der Waals surface area (Å²) in [5.74, 6) is 0.833. The van der Waals surface area contributed by atoms with Crippen molar-refractivity contribution in [3.63, 3.8) is 0 Å². The van der Waals surface area contributed by atoms with Crippen LogP contribution in [-0.2, 0) is 0 Å². The molecule has 3 unspecified atom stereocenters. The predicted octanol–water partition coefficient (Wildman–Crippen LogP) is 4.99. The van der Waals surface area contributed by atoms with Crippen molar-refractivity contribution in [1.82, 2.24) is 5.32 Å². The van der Waals surface area contributed by atoms with Crippen molar-refractivity contribution in [3.05, 3.63) is 29.3 Å². The Balaban J connectivity index is 2.03. The van der Waals surface area contributed by atoms with E-state index in [-0.39, 0.29) is 0 Å². The fourth-order valence-electron chi connectivity index (χ4n) is 2.73. The summed E-state index contributed by atoms with van der Waals surface area (Å²) in [5, 5.41) is 5.25. The van der Waals surface area contributed by atoms with Crippen LogP contribution in [0.3, 0.4) is 0 Å². The Morgan fingerprint density at radius 2 is 2.11 bits per heavy atom. The van der Waals surface area contributed by atoms with Crippen LogP contribution in [0.25, 0.3) is 0 Å².